The van der Waals surface area contributed by atoms with E-state index in [9.17, 15) is 14.4 Å². The lowest BCUT2D eigenvalue weighted by atomic mass is 9.78. The van der Waals surface area contributed by atoms with Crippen molar-refractivity contribution >= 4 is 65.5 Å². The van der Waals surface area contributed by atoms with Gasteiger partial charge in [0.05, 0.1) is 49.9 Å². The Hall–Kier alpha value is -6.18. The Labute approximate surface area is 510 Å². The number of halogens is 1. The number of rotatable bonds is 10. The molecule has 19 heteroatoms. The minimum Gasteiger partial charge on any atom is -0.444 e. The number of morpholine rings is 2. The summed E-state index contributed by atoms with van der Waals surface area (Å²) in [5, 5.41) is 6.66. The standard InChI is InChI=1S/C32H43N5O4.C23H29ClN4O2.C11H19BO2/c1-6-23-9-11-36(20-23)30(38)33-26-8-7-22(2)27(19-26)25-17-28(34-29(18-25)35-13-15-40-16-14-35)24-10-12-37(21-24)31(39)41-32(3,4)5;1-3-17-6-7-28(15-17)23(29)25-19-5-4-16(2)20(14-19)18-12-21(24)26-22(13-18)27-8-10-30-11-9-27;1-10(2)11(3,4)14-12(13-10)9-7-5-6-8-9/h7-8,10,17-19,23H,6,9,11-16,20-21H2,1-5H3,(H,33,38);4-5,12-14,17H,3,6-11,15H2,1-2H3,(H,25,29);7H,5-6,8H2,1-4H3/t23-;17-;/m11./s1. The van der Waals surface area contributed by atoms with Crippen molar-refractivity contribution in [2.24, 2.45) is 11.8 Å². The van der Waals surface area contributed by atoms with Crippen molar-refractivity contribution in [2.45, 2.75) is 138 Å². The fraction of sp³-hybridized carbons (Fsp3) is 0.561. The van der Waals surface area contributed by atoms with Gasteiger partial charge in [0.15, 0.2) is 0 Å². The zero-order valence-corrected chi connectivity index (χ0v) is 53.0. The zero-order chi connectivity index (χ0) is 60.6. The van der Waals surface area contributed by atoms with E-state index in [4.69, 9.17) is 40.1 Å². The summed E-state index contributed by atoms with van der Waals surface area (Å²) >= 11 is 6.36. The predicted octanol–water partition coefficient (Wildman–Crippen LogP) is 13.3. The van der Waals surface area contributed by atoms with Crippen molar-refractivity contribution in [3.8, 4) is 22.3 Å². The maximum atomic E-state index is 13.0. The summed E-state index contributed by atoms with van der Waals surface area (Å²) in [6.45, 7) is 32.6. The van der Waals surface area contributed by atoms with Crippen LogP contribution in [-0.4, -0.2) is 159 Å². The molecule has 11 rings (SSSR count). The first kappa shape index (κ1) is 63.3. The molecule has 5 saturated heterocycles. The van der Waals surface area contributed by atoms with Crippen molar-refractivity contribution in [1.29, 1.82) is 0 Å². The lowest BCUT2D eigenvalue weighted by Crippen LogP contribution is -2.41. The summed E-state index contributed by atoms with van der Waals surface area (Å²) in [5.41, 5.74) is 10.1. The molecule has 2 aromatic heterocycles. The molecule has 2 atom stereocenters. The summed E-state index contributed by atoms with van der Waals surface area (Å²) in [7, 11) is -0.0949. The van der Waals surface area contributed by atoms with Crippen molar-refractivity contribution in [1.82, 2.24) is 24.7 Å². The quantitative estimate of drug-likeness (QED) is 0.114. The second-order valence-electron chi connectivity index (χ2n) is 25.6. The second kappa shape index (κ2) is 27.7. The van der Waals surface area contributed by atoms with Crippen LogP contribution in [0.15, 0.2) is 78.3 Å². The molecule has 7 aliphatic rings. The van der Waals surface area contributed by atoms with Crippen LogP contribution in [0.2, 0.25) is 5.15 Å². The van der Waals surface area contributed by atoms with Gasteiger partial charge in [0, 0.05) is 70.3 Å². The Morgan fingerprint density at radius 2 is 1.19 bits per heavy atom. The first-order valence-electron chi connectivity index (χ1n) is 31.0. The van der Waals surface area contributed by atoms with E-state index in [0.29, 0.717) is 56.5 Å². The Morgan fingerprint density at radius 1 is 0.682 bits per heavy atom. The summed E-state index contributed by atoms with van der Waals surface area (Å²) in [6, 6.07) is 20.2. The Kier molecular flexibility index (Phi) is 20.6. The van der Waals surface area contributed by atoms with Gasteiger partial charge < -0.3 is 58.7 Å². The number of carbonyl (C=O) groups excluding carboxylic acids is 3. The molecule has 85 heavy (non-hydrogen) atoms. The van der Waals surface area contributed by atoms with E-state index in [-0.39, 0.29) is 36.5 Å². The number of hydrogen-bond acceptors (Lipinski definition) is 12. The molecule has 4 aromatic rings. The van der Waals surface area contributed by atoms with Gasteiger partial charge in [0.2, 0.25) is 0 Å². The molecule has 5 amide bonds. The number of aryl methyl sites for hydroxylation is 2. The number of nitrogens with one attached hydrogen (secondary N) is 2. The van der Waals surface area contributed by atoms with E-state index in [0.717, 1.165) is 152 Å². The molecule has 0 unspecified atom stereocenters. The Balaban J connectivity index is 0.000000171. The molecule has 17 nitrogen and oxygen atoms in total. The van der Waals surface area contributed by atoms with Gasteiger partial charge in [-0.2, -0.15) is 0 Å². The number of amides is 5. The predicted molar refractivity (Wildman–Crippen MR) is 342 cm³/mol. The SMILES string of the molecule is CC1(C)OB(C2=CCCC2)OC1(C)C.CC[C@@H]1CCN(C(=O)Nc2ccc(C)c(-c3cc(C4=CCN(C(=O)OC(C)(C)C)C4)nc(N4CCOCC4)c3)c2)C1.CC[C@@H]1CCN(C(=O)Nc2ccc(C)c(-c3cc(Cl)nc(N4CCOCC4)c3)c2)C1. The summed E-state index contributed by atoms with van der Waals surface area (Å²) in [5.74, 6) is 2.94. The molecule has 2 N–H and O–H groups in total. The Morgan fingerprint density at radius 3 is 1.66 bits per heavy atom. The number of urea groups is 2. The van der Waals surface area contributed by atoms with Gasteiger partial charge in [-0.05, 0) is 199 Å². The van der Waals surface area contributed by atoms with Crippen LogP contribution in [0.4, 0.5) is 37.4 Å². The lowest BCUT2D eigenvalue weighted by Gasteiger charge is -2.32. The minimum atomic E-state index is -0.550. The van der Waals surface area contributed by atoms with E-state index < -0.39 is 5.60 Å². The summed E-state index contributed by atoms with van der Waals surface area (Å²) in [4.78, 5) is 57.9. The first-order valence-corrected chi connectivity index (χ1v) is 31.3. The molecule has 1 aliphatic carbocycles. The molecule has 0 radical (unpaired) electrons. The summed E-state index contributed by atoms with van der Waals surface area (Å²) < 4.78 is 28.6. The molecule has 2 aromatic carbocycles. The fourth-order valence-corrected chi connectivity index (χ4v) is 11.8. The van der Waals surface area contributed by atoms with Crippen LogP contribution in [0.5, 0.6) is 0 Å². The van der Waals surface area contributed by atoms with Crippen LogP contribution >= 0.6 is 11.6 Å². The molecular weight excluding hydrogens is 1090 g/mol. The number of allylic oxidation sites excluding steroid dienone is 2. The highest BCUT2D eigenvalue weighted by Gasteiger charge is 2.52. The third-order valence-electron chi connectivity index (χ3n) is 17.7. The third kappa shape index (κ3) is 16.3. The number of pyridine rings is 2. The van der Waals surface area contributed by atoms with Crippen molar-refractivity contribution in [2.75, 3.05) is 112 Å². The van der Waals surface area contributed by atoms with Crippen molar-refractivity contribution in [3.05, 3.63) is 100 Å². The van der Waals surface area contributed by atoms with E-state index >= 15 is 0 Å². The number of ether oxygens (including phenoxy) is 3. The van der Waals surface area contributed by atoms with Crippen LogP contribution in [0.1, 0.15) is 124 Å². The van der Waals surface area contributed by atoms with E-state index in [1.807, 2.05) is 60.9 Å². The number of anilines is 4. The number of aromatic nitrogens is 2. The number of hydrogen-bond donors (Lipinski definition) is 2. The molecular formula is C66H91BClN9O8. The van der Waals surface area contributed by atoms with Crippen LogP contribution in [0.3, 0.4) is 0 Å². The minimum absolute atomic E-state index is 0.0254. The number of likely N-dealkylation sites (tertiary alicyclic amines) is 2. The van der Waals surface area contributed by atoms with Gasteiger partial charge in [-0.25, -0.2) is 24.4 Å². The van der Waals surface area contributed by atoms with E-state index in [1.165, 1.54) is 18.3 Å². The zero-order valence-electron chi connectivity index (χ0n) is 52.3. The van der Waals surface area contributed by atoms with E-state index in [2.05, 4.69) is 123 Å². The normalized spacial score (nSPS) is 21.0. The van der Waals surface area contributed by atoms with Crippen molar-refractivity contribution in [3.63, 3.8) is 0 Å². The van der Waals surface area contributed by atoms with Gasteiger partial charge >= 0.3 is 25.3 Å². The molecule has 0 spiro atoms. The van der Waals surface area contributed by atoms with Crippen LogP contribution in [0.25, 0.3) is 27.8 Å². The highest BCUT2D eigenvalue weighted by Crippen LogP contribution is 2.41. The lowest BCUT2D eigenvalue weighted by molar-refractivity contribution is 0.00578. The smallest absolute Gasteiger partial charge is 0.444 e. The van der Waals surface area contributed by atoms with E-state index in [1.54, 1.807) is 4.90 Å². The number of benzene rings is 2. The molecule has 6 aliphatic heterocycles. The van der Waals surface area contributed by atoms with Crippen LogP contribution < -0.4 is 20.4 Å². The molecule has 458 valence electrons. The molecule has 5 fully saturated rings. The fourth-order valence-electron chi connectivity index (χ4n) is 11.6. The van der Waals surface area contributed by atoms with Gasteiger partial charge in [0.25, 0.3) is 0 Å². The second-order valence-corrected chi connectivity index (χ2v) is 26.0. The maximum Gasteiger partial charge on any atom is 0.490 e. The van der Waals surface area contributed by atoms with Gasteiger partial charge in [-0.1, -0.05) is 62.6 Å². The topological polar surface area (TPSA) is 163 Å². The largest absolute Gasteiger partial charge is 0.490 e. The van der Waals surface area contributed by atoms with Crippen LogP contribution in [-0.2, 0) is 23.5 Å². The average molecular weight is 1180 g/mol. The molecule has 8 heterocycles. The summed E-state index contributed by atoms with van der Waals surface area (Å²) in [6.07, 6.45) is 11.9. The molecule has 0 bridgehead atoms. The van der Waals surface area contributed by atoms with Gasteiger partial charge in [-0.15, -0.1) is 0 Å². The number of nitrogens with zero attached hydrogens (tertiary/aromatic N) is 7. The van der Waals surface area contributed by atoms with Gasteiger partial charge in [0.1, 0.15) is 22.4 Å². The highest BCUT2D eigenvalue weighted by molar-refractivity contribution is 6.54. The molecule has 0 saturated carbocycles. The number of carbonyl (C=O) groups is 3. The first-order chi connectivity index (χ1) is 40.5. The highest BCUT2D eigenvalue weighted by atomic mass is 35.5. The third-order valence-corrected chi connectivity index (χ3v) is 17.9. The maximum absolute atomic E-state index is 13.0. The monoisotopic (exact) mass is 1180 g/mol. The average Bonchev–Trinajstić information content (AvgIpc) is 2.96. The van der Waals surface area contributed by atoms with Crippen LogP contribution in [0, 0.1) is 25.7 Å². The Bertz CT molecular complexity index is 3060. The van der Waals surface area contributed by atoms with Crippen molar-refractivity contribution < 1.29 is 37.9 Å². The van der Waals surface area contributed by atoms with Gasteiger partial charge in [-0.3, -0.25) is 0 Å².